The van der Waals surface area contributed by atoms with Gasteiger partial charge in [-0.2, -0.15) is 0 Å². The number of amides is 1. The molecule has 0 spiro atoms. The van der Waals surface area contributed by atoms with Crippen molar-refractivity contribution in [2.75, 3.05) is 18.4 Å². The van der Waals surface area contributed by atoms with Gasteiger partial charge in [0.2, 0.25) is 0 Å². The van der Waals surface area contributed by atoms with Crippen molar-refractivity contribution in [3.63, 3.8) is 0 Å². The molecule has 0 unspecified atom stereocenters. The summed E-state index contributed by atoms with van der Waals surface area (Å²) in [5.41, 5.74) is 1.98. The molecule has 24 heavy (non-hydrogen) atoms. The van der Waals surface area contributed by atoms with Crippen LogP contribution in [0.2, 0.25) is 0 Å². The van der Waals surface area contributed by atoms with Crippen LogP contribution in [-0.2, 0) is 5.41 Å². The highest BCUT2D eigenvalue weighted by Gasteiger charge is 2.19. The van der Waals surface area contributed by atoms with Crippen molar-refractivity contribution in [3.05, 3.63) is 46.5 Å². The second kappa shape index (κ2) is 7.03. The van der Waals surface area contributed by atoms with Crippen molar-refractivity contribution >= 4 is 22.4 Å². The van der Waals surface area contributed by atoms with E-state index in [1.165, 1.54) is 10.4 Å². The maximum Gasteiger partial charge on any atom is 0.257 e. The van der Waals surface area contributed by atoms with Gasteiger partial charge in [0.25, 0.3) is 5.91 Å². The summed E-state index contributed by atoms with van der Waals surface area (Å²) in [5.74, 6) is 0.474. The Hall–Kier alpha value is -1.72. The average Bonchev–Trinajstić information content (AvgIpc) is 3.03. The number of anilines is 1. The van der Waals surface area contributed by atoms with Crippen molar-refractivity contribution < 1.29 is 4.79 Å². The van der Waals surface area contributed by atoms with E-state index >= 15 is 0 Å². The predicted molar refractivity (Wildman–Crippen MR) is 100 cm³/mol. The first-order chi connectivity index (χ1) is 11.4. The standard InChI is InChI=1S/C19H25N3OS/c1-19(2,3)15-6-4-14(5-7-15)17(23)22-18-21-12-16(24-18)13-8-10-20-11-9-13/h4-7,12-13,20H,8-11H2,1-3H3,(H,21,22,23). The Morgan fingerprint density at radius 2 is 1.88 bits per heavy atom. The lowest BCUT2D eigenvalue weighted by Crippen LogP contribution is -2.26. The summed E-state index contributed by atoms with van der Waals surface area (Å²) in [5, 5.41) is 6.99. The largest absolute Gasteiger partial charge is 0.317 e. The topological polar surface area (TPSA) is 54.0 Å². The van der Waals surface area contributed by atoms with Gasteiger partial charge in [-0.15, -0.1) is 11.3 Å². The number of hydrogen-bond donors (Lipinski definition) is 2. The molecule has 2 N–H and O–H groups in total. The number of hydrogen-bond acceptors (Lipinski definition) is 4. The molecular formula is C19H25N3OS. The first-order valence-electron chi connectivity index (χ1n) is 8.52. The Bertz CT molecular complexity index is 694. The van der Waals surface area contributed by atoms with Gasteiger partial charge in [0.1, 0.15) is 0 Å². The molecule has 1 saturated heterocycles. The monoisotopic (exact) mass is 343 g/mol. The molecule has 2 heterocycles. The Morgan fingerprint density at radius 1 is 1.21 bits per heavy atom. The molecule has 1 aromatic heterocycles. The molecule has 2 aromatic rings. The molecule has 1 aromatic carbocycles. The van der Waals surface area contributed by atoms with Gasteiger partial charge >= 0.3 is 0 Å². The van der Waals surface area contributed by atoms with E-state index in [0.29, 0.717) is 16.6 Å². The van der Waals surface area contributed by atoms with Crippen molar-refractivity contribution in [1.29, 1.82) is 0 Å². The molecule has 0 aliphatic carbocycles. The molecule has 0 bridgehead atoms. The summed E-state index contributed by atoms with van der Waals surface area (Å²) in [7, 11) is 0. The van der Waals surface area contributed by atoms with Crippen molar-refractivity contribution in [2.24, 2.45) is 0 Å². The smallest absolute Gasteiger partial charge is 0.257 e. The SMILES string of the molecule is CC(C)(C)c1ccc(C(=O)Nc2ncc(C3CCNCC3)s2)cc1. The van der Waals surface area contributed by atoms with E-state index in [9.17, 15) is 4.79 Å². The van der Waals surface area contributed by atoms with Crippen LogP contribution in [0, 0.1) is 0 Å². The normalized spacial score (nSPS) is 16.1. The van der Waals surface area contributed by atoms with Crippen LogP contribution in [0.4, 0.5) is 5.13 Å². The molecule has 5 heteroatoms. The van der Waals surface area contributed by atoms with E-state index in [-0.39, 0.29) is 11.3 Å². The summed E-state index contributed by atoms with van der Waals surface area (Å²) in [6.07, 6.45) is 4.20. The third kappa shape index (κ3) is 4.02. The van der Waals surface area contributed by atoms with Crippen LogP contribution < -0.4 is 10.6 Å². The van der Waals surface area contributed by atoms with E-state index in [2.05, 4.69) is 36.4 Å². The Labute approximate surface area is 147 Å². The Morgan fingerprint density at radius 3 is 2.50 bits per heavy atom. The zero-order valence-electron chi connectivity index (χ0n) is 14.6. The maximum atomic E-state index is 12.4. The summed E-state index contributed by atoms with van der Waals surface area (Å²) in [4.78, 5) is 18.1. The number of rotatable bonds is 3. The average molecular weight is 343 g/mol. The van der Waals surface area contributed by atoms with E-state index in [4.69, 9.17) is 0 Å². The van der Waals surface area contributed by atoms with Crippen LogP contribution in [0.15, 0.2) is 30.5 Å². The lowest BCUT2D eigenvalue weighted by molar-refractivity contribution is 0.102. The number of carbonyl (C=O) groups excluding carboxylic acids is 1. The van der Waals surface area contributed by atoms with Gasteiger partial charge in [-0.3, -0.25) is 10.1 Å². The molecule has 0 saturated carbocycles. The Kier molecular flexibility index (Phi) is 5.01. The van der Waals surface area contributed by atoms with E-state index in [1.807, 2.05) is 30.5 Å². The van der Waals surface area contributed by atoms with Gasteiger partial charge in [0.15, 0.2) is 5.13 Å². The van der Waals surface area contributed by atoms with Gasteiger partial charge in [0, 0.05) is 16.6 Å². The number of thiazole rings is 1. The van der Waals surface area contributed by atoms with Gasteiger partial charge in [-0.1, -0.05) is 32.9 Å². The van der Waals surface area contributed by atoms with Crippen LogP contribution in [0.25, 0.3) is 0 Å². The number of aromatic nitrogens is 1. The van der Waals surface area contributed by atoms with Crippen LogP contribution in [-0.4, -0.2) is 24.0 Å². The first-order valence-corrected chi connectivity index (χ1v) is 9.33. The fourth-order valence-corrected chi connectivity index (χ4v) is 3.91. The van der Waals surface area contributed by atoms with Crippen molar-refractivity contribution in [3.8, 4) is 0 Å². The van der Waals surface area contributed by atoms with Gasteiger partial charge in [0.05, 0.1) is 0 Å². The van der Waals surface area contributed by atoms with E-state index < -0.39 is 0 Å². The minimum atomic E-state index is -0.0957. The molecule has 1 fully saturated rings. The molecule has 1 amide bonds. The van der Waals surface area contributed by atoms with Crippen molar-refractivity contribution in [2.45, 2.75) is 44.9 Å². The molecule has 1 aliphatic heterocycles. The molecular weight excluding hydrogens is 318 g/mol. The molecule has 1 aliphatic rings. The molecule has 0 radical (unpaired) electrons. The van der Waals surface area contributed by atoms with Gasteiger partial charge in [-0.05, 0) is 55.0 Å². The number of piperidine rings is 1. The lowest BCUT2D eigenvalue weighted by Gasteiger charge is -2.20. The molecule has 4 nitrogen and oxygen atoms in total. The lowest BCUT2D eigenvalue weighted by atomic mass is 9.87. The fraction of sp³-hybridized carbons (Fsp3) is 0.474. The summed E-state index contributed by atoms with van der Waals surface area (Å²) in [6.45, 7) is 8.62. The second-order valence-corrected chi connectivity index (χ2v) is 8.44. The number of nitrogens with one attached hydrogen (secondary N) is 2. The van der Waals surface area contributed by atoms with Crippen LogP contribution in [0.3, 0.4) is 0 Å². The zero-order chi connectivity index (χ0) is 17.2. The van der Waals surface area contributed by atoms with Crippen LogP contribution in [0.1, 0.15) is 60.3 Å². The highest BCUT2D eigenvalue weighted by Crippen LogP contribution is 2.32. The number of carbonyl (C=O) groups is 1. The minimum Gasteiger partial charge on any atom is -0.317 e. The van der Waals surface area contributed by atoms with Gasteiger partial charge in [-0.25, -0.2) is 4.98 Å². The quantitative estimate of drug-likeness (QED) is 0.880. The zero-order valence-corrected chi connectivity index (χ0v) is 15.4. The van der Waals surface area contributed by atoms with Crippen molar-refractivity contribution in [1.82, 2.24) is 10.3 Å². The highest BCUT2D eigenvalue weighted by atomic mass is 32.1. The highest BCUT2D eigenvalue weighted by molar-refractivity contribution is 7.15. The van der Waals surface area contributed by atoms with Crippen LogP contribution in [0.5, 0.6) is 0 Å². The van der Waals surface area contributed by atoms with E-state index in [1.54, 1.807) is 11.3 Å². The van der Waals surface area contributed by atoms with Crippen LogP contribution >= 0.6 is 11.3 Å². The van der Waals surface area contributed by atoms with E-state index in [0.717, 1.165) is 25.9 Å². The Balaban J connectivity index is 1.65. The first kappa shape index (κ1) is 17.1. The van der Waals surface area contributed by atoms with Gasteiger partial charge < -0.3 is 5.32 Å². The molecule has 3 rings (SSSR count). The summed E-state index contributed by atoms with van der Waals surface area (Å²) >= 11 is 1.60. The minimum absolute atomic E-state index is 0.0913. The summed E-state index contributed by atoms with van der Waals surface area (Å²) < 4.78 is 0. The second-order valence-electron chi connectivity index (χ2n) is 7.37. The maximum absolute atomic E-state index is 12.4. The predicted octanol–water partition coefficient (Wildman–Crippen LogP) is 4.16. The fourth-order valence-electron chi connectivity index (χ4n) is 2.93. The third-order valence-corrected chi connectivity index (χ3v) is 5.57. The molecule has 128 valence electrons. The number of benzene rings is 1. The summed E-state index contributed by atoms with van der Waals surface area (Å²) in [6, 6.07) is 7.82. The third-order valence-electron chi connectivity index (χ3n) is 4.50. The molecule has 0 atom stereocenters. The number of nitrogens with zero attached hydrogens (tertiary/aromatic N) is 1.